The van der Waals surface area contributed by atoms with Gasteiger partial charge in [0.15, 0.2) is 0 Å². The summed E-state index contributed by atoms with van der Waals surface area (Å²) in [7, 11) is 0. The van der Waals surface area contributed by atoms with E-state index < -0.39 is 0 Å². The molecular formula is C28H56N2. The van der Waals surface area contributed by atoms with Crippen molar-refractivity contribution in [2.75, 3.05) is 39.3 Å². The van der Waals surface area contributed by atoms with E-state index in [0.29, 0.717) is 5.41 Å². The summed E-state index contributed by atoms with van der Waals surface area (Å²) in [6.45, 7) is 17.7. The largest absolute Gasteiger partial charge is 0.302 e. The van der Waals surface area contributed by atoms with Gasteiger partial charge in [0.05, 0.1) is 0 Å². The van der Waals surface area contributed by atoms with Gasteiger partial charge in [-0.05, 0) is 37.5 Å². The summed E-state index contributed by atoms with van der Waals surface area (Å²) in [5.41, 5.74) is 0.691. The molecule has 0 amide bonds. The van der Waals surface area contributed by atoms with Crippen LogP contribution < -0.4 is 0 Å². The van der Waals surface area contributed by atoms with E-state index in [0.717, 1.165) is 11.8 Å². The maximum absolute atomic E-state index is 2.82. The second kappa shape index (κ2) is 14.9. The molecule has 0 bridgehead atoms. The standard InChI is InChI=1S/C28H56N2/c1-5-9-12-14-18-27(19-15-13-10-6-2)21-30-24-28(25-30)22-29(23-28)20-26(16-8-4)17-11-7-3/h26-27H,5-25H2,1-4H3. The zero-order chi connectivity index (χ0) is 21.7. The van der Waals surface area contributed by atoms with E-state index in [2.05, 4.69) is 37.5 Å². The van der Waals surface area contributed by atoms with Crippen molar-refractivity contribution in [2.24, 2.45) is 17.3 Å². The fraction of sp³-hybridized carbons (Fsp3) is 1.00. The third-order valence-corrected chi connectivity index (χ3v) is 7.86. The summed E-state index contributed by atoms with van der Waals surface area (Å²) < 4.78 is 0. The van der Waals surface area contributed by atoms with Gasteiger partial charge < -0.3 is 9.80 Å². The molecule has 30 heavy (non-hydrogen) atoms. The summed E-state index contributed by atoms with van der Waals surface area (Å²) in [5.74, 6) is 1.93. The summed E-state index contributed by atoms with van der Waals surface area (Å²) in [5, 5.41) is 0. The highest BCUT2D eigenvalue weighted by Crippen LogP contribution is 2.41. The Morgan fingerprint density at radius 1 is 0.500 bits per heavy atom. The first-order valence-electron chi connectivity index (χ1n) is 14.1. The van der Waals surface area contributed by atoms with E-state index >= 15 is 0 Å². The van der Waals surface area contributed by atoms with Crippen molar-refractivity contribution < 1.29 is 0 Å². The van der Waals surface area contributed by atoms with Crippen LogP contribution in [0.2, 0.25) is 0 Å². The topological polar surface area (TPSA) is 6.48 Å². The Hall–Kier alpha value is -0.0800. The van der Waals surface area contributed by atoms with Crippen LogP contribution in [0.1, 0.15) is 124 Å². The van der Waals surface area contributed by atoms with Crippen LogP contribution in [-0.2, 0) is 0 Å². The molecule has 1 unspecified atom stereocenters. The third kappa shape index (κ3) is 9.19. The molecule has 0 aromatic rings. The molecule has 2 saturated heterocycles. The lowest BCUT2D eigenvalue weighted by molar-refractivity contribution is -0.123. The predicted octanol–water partition coefficient (Wildman–Crippen LogP) is 7.77. The van der Waals surface area contributed by atoms with Crippen molar-refractivity contribution in [1.29, 1.82) is 0 Å². The minimum absolute atomic E-state index is 0.691. The summed E-state index contributed by atoms with van der Waals surface area (Å²) >= 11 is 0. The molecule has 2 rings (SSSR count). The second-order valence-electron chi connectivity index (χ2n) is 11.2. The van der Waals surface area contributed by atoms with Gasteiger partial charge in [0.1, 0.15) is 0 Å². The van der Waals surface area contributed by atoms with Crippen LogP contribution in [0.3, 0.4) is 0 Å². The van der Waals surface area contributed by atoms with Crippen molar-refractivity contribution in [2.45, 2.75) is 124 Å². The van der Waals surface area contributed by atoms with Gasteiger partial charge in [0.25, 0.3) is 0 Å². The Labute approximate surface area is 190 Å². The molecule has 2 aliphatic heterocycles. The highest BCUT2D eigenvalue weighted by atomic mass is 15.3. The monoisotopic (exact) mass is 420 g/mol. The molecule has 2 heterocycles. The number of hydrogen-bond donors (Lipinski definition) is 0. The van der Waals surface area contributed by atoms with Gasteiger partial charge in [0.2, 0.25) is 0 Å². The second-order valence-corrected chi connectivity index (χ2v) is 11.2. The average molecular weight is 421 g/mol. The minimum atomic E-state index is 0.691. The van der Waals surface area contributed by atoms with Gasteiger partial charge in [-0.25, -0.2) is 0 Å². The zero-order valence-corrected chi connectivity index (χ0v) is 21.4. The van der Waals surface area contributed by atoms with Gasteiger partial charge >= 0.3 is 0 Å². The van der Waals surface area contributed by atoms with Gasteiger partial charge in [-0.3, -0.25) is 0 Å². The normalized spacial score (nSPS) is 19.9. The molecule has 0 aliphatic carbocycles. The fourth-order valence-corrected chi connectivity index (χ4v) is 6.27. The van der Waals surface area contributed by atoms with Crippen molar-refractivity contribution in [3.63, 3.8) is 0 Å². The first kappa shape index (κ1) is 26.2. The predicted molar refractivity (Wildman–Crippen MR) is 134 cm³/mol. The van der Waals surface area contributed by atoms with Crippen molar-refractivity contribution in [3.05, 3.63) is 0 Å². The van der Waals surface area contributed by atoms with Gasteiger partial charge in [-0.2, -0.15) is 0 Å². The molecular weight excluding hydrogens is 364 g/mol. The van der Waals surface area contributed by atoms with Crippen LogP contribution in [0.4, 0.5) is 0 Å². The van der Waals surface area contributed by atoms with Gasteiger partial charge in [0, 0.05) is 44.7 Å². The molecule has 0 aromatic heterocycles. The van der Waals surface area contributed by atoms with Gasteiger partial charge in [-0.15, -0.1) is 0 Å². The van der Waals surface area contributed by atoms with Crippen LogP contribution in [0.25, 0.3) is 0 Å². The van der Waals surface area contributed by atoms with E-state index in [-0.39, 0.29) is 0 Å². The molecule has 0 N–H and O–H groups in total. The molecule has 2 aliphatic rings. The molecule has 0 radical (unpaired) electrons. The Balaban J connectivity index is 1.65. The van der Waals surface area contributed by atoms with Crippen molar-refractivity contribution in [3.8, 4) is 0 Å². The average Bonchev–Trinajstić information content (AvgIpc) is 2.68. The summed E-state index contributed by atoms with van der Waals surface area (Å²) in [6, 6.07) is 0. The lowest BCUT2D eigenvalue weighted by Gasteiger charge is -2.61. The molecule has 0 aromatic carbocycles. The number of hydrogen-bond acceptors (Lipinski definition) is 2. The molecule has 2 nitrogen and oxygen atoms in total. The van der Waals surface area contributed by atoms with Crippen LogP contribution >= 0.6 is 0 Å². The van der Waals surface area contributed by atoms with E-state index in [9.17, 15) is 0 Å². The van der Waals surface area contributed by atoms with E-state index in [1.807, 2.05) is 0 Å². The Morgan fingerprint density at radius 3 is 1.37 bits per heavy atom. The van der Waals surface area contributed by atoms with Crippen LogP contribution in [-0.4, -0.2) is 49.1 Å². The first-order chi connectivity index (χ1) is 14.6. The first-order valence-corrected chi connectivity index (χ1v) is 14.1. The maximum Gasteiger partial charge on any atom is 0.0212 e. The number of unbranched alkanes of at least 4 members (excludes halogenated alkanes) is 7. The van der Waals surface area contributed by atoms with Crippen LogP contribution in [0.15, 0.2) is 0 Å². The highest BCUT2D eigenvalue weighted by molar-refractivity contribution is 5.06. The van der Waals surface area contributed by atoms with Crippen molar-refractivity contribution >= 4 is 0 Å². The number of rotatable bonds is 19. The van der Waals surface area contributed by atoms with E-state index in [1.54, 1.807) is 0 Å². The quantitative estimate of drug-likeness (QED) is 0.197. The lowest BCUT2D eigenvalue weighted by Crippen LogP contribution is -2.72. The van der Waals surface area contributed by atoms with E-state index in [4.69, 9.17) is 0 Å². The van der Waals surface area contributed by atoms with Crippen LogP contribution in [0.5, 0.6) is 0 Å². The molecule has 0 saturated carbocycles. The minimum Gasteiger partial charge on any atom is -0.302 e. The zero-order valence-electron chi connectivity index (χ0n) is 21.4. The summed E-state index contributed by atoms with van der Waals surface area (Å²) in [4.78, 5) is 5.61. The smallest absolute Gasteiger partial charge is 0.0212 e. The number of nitrogens with zero attached hydrogens (tertiary/aromatic N) is 2. The Kier molecular flexibility index (Phi) is 13.0. The Bertz CT molecular complexity index is 395. The summed E-state index contributed by atoms with van der Waals surface area (Å²) in [6.07, 6.45) is 21.5. The SMILES string of the molecule is CCCCCCC(CCCCCC)CN1CC2(CN(CC(CCC)CCCC)C2)C1. The molecule has 2 fully saturated rings. The Morgan fingerprint density at radius 2 is 0.933 bits per heavy atom. The molecule has 1 atom stereocenters. The van der Waals surface area contributed by atoms with Crippen LogP contribution in [0, 0.1) is 17.3 Å². The van der Waals surface area contributed by atoms with Crippen molar-refractivity contribution in [1.82, 2.24) is 9.80 Å². The lowest BCUT2D eigenvalue weighted by atomic mass is 9.72. The molecule has 1 spiro atoms. The third-order valence-electron chi connectivity index (χ3n) is 7.86. The van der Waals surface area contributed by atoms with E-state index in [1.165, 1.54) is 136 Å². The fourth-order valence-electron chi connectivity index (χ4n) is 6.27. The molecule has 2 heteroatoms. The number of likely N-dealkylation sites (tertiary alicyclic amines) is 2. The highest BCUT2D eigenvalue weighted by Gasteiger charge is 2.51. The molecule has 178 valence electrons. The van der Waals surface area contributed by atoms with Gasteiger partial charge in [-0.1, -0.05) is 98.3 Å². The maximum atomic E-state index is 2.82.